The fourth-order valence-electron chi connectivity index (χ4n) is 1.51. The maximum Gasteiger partial charge on any atom is 0.265 e. The number of aliphatic hydroxyl groups is 1. The lowest BCUT2D eigenvalue weighted by Gasteiger charge is -2.12. The molecule has 1 atom stereocenters. The molecule has 3 nitrogen and oxygen atoms in total. The van der Waals surface area contributed by atoms with Gasteiger partial charge in [0.2, 0.25) is 0 Å². The Morgan fingerprint density at radius 1 is 1.50 bits per heavy atom. The number of aliphatic hydroxyl groups excluding tert-OH is 1. The van der Waals surface area contributed by atoms with Crippen LogP contribution in [0.15, 0.2) is 18.3 Å². The Bertz CT molecular complexity index is 302. The fraction of sp³-hybridized carbons (Fsp3) is 0.636. The first-order valence-corrected chi connectivity index (χ1v) is 5.46. The standard InChI is InChI=1S/C11H18F2N2O/c1-2-5-15-6-3-4-9(15)7-14-8-10(16)11(12)13/h3-4,6,10-11,14,16H,2,5,7-8H2,1H3. The third kappa shape index (κ3) is 3.90. The van der Waals surface area contributed by atoms with Crippen LogP contribution in [0.3, 0.4) is 0 Å². The van der Waals surface area contributed by atoms with E-state index in [1.54, 1.807) is 0 Å². The van der Waals surface area contributed by atoms with Gasteiger partial charge in [-0.25, -0.2) is 8.78 Å². The summed E-state index contributed by atoms with van der Waals surface area (Å²) in [6.45, 7) is 3.41. The maximum atomic E-state index is 12.0. The Hall–Kier alpha value is -0.940. The number of hydrogen-bond acceptors (Lipinski definition) is 2. The Morgan fingerprint density at radius 3 is 2.88 bits per heavy atom. The van der Waals surface area contributed by atoms with E-state index in [-0.39, 0.29) is 6.54 Å². The molecule has 0 aliphatic heterocycles. The van der Waals surface area contributed by atoms with Crippen LogP contribution in [0.1, 0.15) is 19.0 Å². The Morgan fingerprint density at radius 2 is 2.25 bits per heavy atom. The molecule has 0 saturated heterocycles. The summed E-state index contributed by atoms with van der Waals surface area (Å²) in [6.07, 6.45) is -1.28. The zero-order chi connectivity index (χ0) is 12.0. The van der Waals surface area contributed by atoms with Gasteiger partial charge in [0.05, 0.1) is 0 Å². The molecule has 0 bridgehead atoms. The van der Waals surface area contributed by atoms with Gasteiger partial charge in [-0.2, -0.15) is 0 Å². The van der Waals surface area contributed by atoms with E-state index in [9.17, 15) is 8.78 Å². The van der Waals surface area contributed by atoms with Crippen molar-refractivity contribution in [2.75, 3.05) is 6.54 Å². The van der Waals surface area contributed by atoms with E-state index < -0.39 is 12.5 Å². The third-order valence-corrected chi connectivity index (χ3v) is 2.34. The van der Waals surface area contributed by atoms with Crippen LogP contribution in [0, 0.1) is 0 Å². The van der Waals surface area contributed by atoms with Gasteiger partial charge in [0.1, 0.15) is 6.10 Å². The second kappa shape index (κ2) is 6.60. The van der Waals surface area contributed by atoms with Crippen molar-refractivity contribution in [3.05, 3.63) is 24.0 Å². The average molecular weight is 232 g/mol. The molecule has 1 unspecified atom stereocenters. The number of hydrogen-bond donors (Lipinski definition) is 2. The van der Waals surface area contributed by atoms with Gasteiger partial charge in [-0.15, -0.1) is 0 Å². The van der Waals surface area contributed by atoms with Crippen LogP contribution in [0.2, 0.25) is 0 Å². The first-order chi connectivity index (χ1) is 7.65. The van der Waals surface area contributed by atoms with Crippen molar-refractivity contribution in [1.29, 1.82) is 0 Å². The van der Waals surface area contributed by atoms with Crippen LogP contribution in [0.25, 0.3) is 0 Å². The highest BCUT2D eigenvalue weighted by Gasteiger charge is 2.15. The average Bonchev–Trinajstić information content (AvgIpc) is 2.66. The third-order valence-electron chi connectivity index (χ3n) is 2.34. The molecular weight excluding hydrogens is 214 g/mol. The molecule has 1 heterocycles. The second-order valence-corrected chi connectivity index (χ2v) is 3.73. The highest BCUT2D eigenvalue weighted by molar-refractivity contribution is 5.06. The monoisotopic (exact) mass is 232 g/mol. The van der Waals surface area contributed by atoms with E-state index in [2.05, 4.69) is 16.8 Å². The summed E-state index contributed by atoms with van der Waals surface area (Å²) in [5.41, 5.74) is 1.04. The molecule has 16 heavy (non-hydrogen) atoms. The number of nitrogens with one attached hydrogen (secondary N) is 1. The lowest BCUT2D eigenvalue weighted by atomic mass is 10.3. The van der Waals surface area contributed by atoms with Crippen molar-refractivity contribution in [2.45, 2.75) is 39.0 Å². The van der Waals surface area contributed by atoms with Crippen LogP contribution < -0.4 is 5.32 Å². The molecule has 0 fully saturated rings. The van der Waals surface area contributed by atoms with Crippen molar-refractivity contribution < 1.29 is 13.9 Å². The zero-order valence-corrected chi connectivity index (χ0v) is 9.37. The molecule has 0 aromatic carbocycles. The van der Waals surface area contributed by atoms with Gasteiger partial charge in [0.25, 0.3) is 6.43 Å². The Kier molecular flexibility index (Phi) is 5.42. The molecule has 0 radical (unpaired) electrons. The van der Waals surface area contributed by atoms with Crippen molar-refractivity contribution in [1.82, 2.24) is 9.88 Å². The smallest absolute Gasteiger partial charge is 0.265 e. The lowest BCUT2D eigenvalue weighted by Crippen LogP contribution is -2.32. The summed E-state index contributed by atoms with van der Waals surface area (Å²) >= 11 is 0. The van der Waals surface area contributed by atoms with Gasteiger partial charge < -0.3 is 15.0 Å². The van der Waals surface area contributed by atoms with Crippen molar-refractivity contribution in [3.63, 3.8) is 0 Å². The molecule has 92 valence electrons. The van der Waals surface area contributed by atoms with Crippen LogP contribution >= 0.6 is 0 Å². The van der Waals surface area contributed by atoms with Crippen LogP contribution in [0.4, 0.5) is 8.78 Å². The van der Waals surface area contributed by atoms with E-state index >= 15 is 0 Å². The van der Waals surface area contributed by atoms with Gasteiger partial charge in [0.15, 0.2) is 0 Å². The van der Waals surface area contributed by atoms with E-state index in [4.69, 9.17) is 5.11 Å². The Balaban J connectivity index is 2.34. The molecule has 5 heteroatoms. The van der Waals surface area contributed by atoms with E-state index in [0.29, 0.717) is 6.54 Å². The molecule has 0 spiro atoms. The molecular formula is C11H18F2N2O. The number of halogens is 2. The molecule has 0 amide bonds. The molecule has 1 rings (SSSR count). The molecule has 0 aliphatic carbocycles. The minimum absolute atomic E-state index is 0.0883. The van der Waals surface area contributed by atoms with Crippen LogP contribution in [0.5, 0.6) is 0 Å². The predicted molar refractivity (Wildman–Crippen MR) is 58.4 cm³/mol. The van der Waals surface area contributed by atoms with Gasteiger partial charge >= 0.3 is 0 Å². The normalized spacial score (nSPS) is 13.3. The van der Waals surface area contributed by atoms with Gasteiger partial charge in [-0.3, -0.25) is 0 Å². The van der Waals surface area contributed by atoms with E-state index in [0.717, 1.165) is 18.7 Å². The molecule has 2 N–H and O–H groups in total. The summed E-state index contributed by atoms with van der Waals surface area (Å²) < 4.78 is 26.1. The summed E-state index contributed by atoms with van der Waals surface area (Å²) in [7, 11) is 0. The van der Waals surface area contributed by atoms with Gasteiger partial charge in [-0.1, -0.05) is 6.92 Å². The second-order valence-electron chi connectivity index (χ2n) is 3.73. The largest absolute Gasteiger partial charge is 0.386 e. The summed E-state index contributed by atoms with van der Waals surface area (Å²) in [6, 6.07) is 3.87. The van der Waals surface area contributed by atoms with Crippen molar-refractivity contribution >= 4 is 0 Å². The topological polar surface area (TPSA) is 37.2 Å². The first-order valence-electron chi connectivity index (χ1n) is 5.46. The van der Waals surface area contributed by atoms with Gasteiger partial charge in [0, 0.05) is 31.5 Å². The van der Waals surface area contributed by atoms with Crippen LogP contribution in [-0.4, -0.2) is 28.7 Å². The highest BCUT2D eigenvalue weighted by atomic mass is 19.3. The van der Waals surface area contributed by atoms with Crippen molar-refractivity contribution in [3.8, 4) is 0 Å². The van der Waals surface area contributed by atoms with E-state index in [1.165, 1.54) is 0 Å². The minimum atomic E-state index is -2.69. The number of rotatable bonds is 7. The first kappa shape index (κ1) is 13.1. The molecule has 1 aromatic heterocycles. The molecule has 0 aliphatic rings. The molecule has 0 saturated carbocycles. The summed E-state index contributed by atoms with van der Waals surface area (Å²) in [4.78, 5) is 0. The maximum absolute atomic E-state index is 12.0. The fourth-order valence-corrected chi connectivity index (χ4v) is 1.51. The highest BCUT2D eigenvalue weighted by Crippen LogP contribution is 2.04. The zero-order valence-electron chi connectivity index (χ0n) is 9.37. The van der Waals surface area contributed by atoms with Crippen molar-refractivity contribution in [2.24, 2.45) is 0 Å². The lowest BCUT2D eigenvalue weighted by molar-refractivity contribution is -0.00347. The summed E-state index contributed by atoms with van der Waals surface area (Å²) in [5, 5.41) is 11.7. The van der Waals surface area contributed by atoms with E-state index in [1.807, 2.05) is 18.3 Å². The number of aryl methyl sites for hydroxylation is 1. The predicted octanol–water partition coefficient (Wildman–Crippen LogP) is 1.61. The quantitative estimate of drug-likeness (QED) is 0.749. The van der Waals surface area contributed by atoms with Crippen LogP contribution in [-0.2, 0) is 13.1 Å². The number of aromatic nitrogens is 1. The number of alkyl halides is 2. The SMILES string of the molecule is CCCn1cccc1CNCC(O)C(F)F. The minimum Gasteiger partial charge on any atom is -0.386 e. The number of nitrogens with zero attached hydrogens (tertiary/aromatic N) is 1. The Labute approximate surface area is 94.1 Å². The van der Waals surface area contributed by atoms with Gasteiger partial charge in [-0.05, 0) is 18.6 Å². The molecule has 1 aromatic rings. The summed E-state index contributed by atoms with van der Waals surface area (Å²) in [5.74, 6) is 0.